The normalized spacial score (nSPS) is 9.17. The fourth-order valence-electron chi connectivity index (χ4n) is 1.05. The number of rotatable bonds is 6. The minimum Gasteiger partial charge on any atom is -1.00 e. The van der Waals surface area contributed by atoms with E-state index in [1.165, 1.54) is 25.7 Å². The largest absolute Gasteiger partial charge is 1.00 e. The van der Waals surface area contributed by atoms with E-state index >= 15 is 0 Å². The van der Waals surface area contributed by atoms with Crippen molar-refractivity contribution >= 4 is 5.91 Å². The summed E-state index contributed by atoms with van der Waals surface area (Å²) in [6, 6.07) is 0. The van der Waals surface area contributed by atoms with Crippen molar-refractivity contribution in [3.63, 3.8) is 0 Å². The van der Waals surface area contributed by atoms with Crippen LogP contribution in [-0.2, 0) is 4.79 Å². The van der Waals surface area contributed by atoms with Crippen LogP contribution in [0.2, 0.25) is 0 Å². The molecule has 0 aromatic heterocycles. The molecule has 0 radical (unpaired) electrons. The second-order valence-corrected chi connectivity index (χ2v) is 2.92. The van der Waals surface area contributed by atoms with Gasteiger partial charge in [0.2, 0.25) is 0 Å². The van der Waals surface area contributed by atoms with E-state index in [0.29, 0.717) is 5.91 Å². The summed E-state index contributed by atoms with van der Waals surface area (Å²) in [5, 5.41) is 1.67. The molecule has 1 amide bonds. The number of primary amides is 1. The number of hydrogen-bond acceptors (Lipinski definition) is 1. The quantitative estimate of drug-likeness (QED) is 0.490. The Morgan fingerprint density at radius 3 is 2.25 bits per heavy atom. The van der Waals surface area contributed by atoms with E-state index in [0.717, 1.165) is 12.8 Å². The molecule has 3 heteroatoms. The molecule has 0 aromatic rings. The van der Waals surface area contributed by atoms with Crippen LogP contribution in [0, 0.1) is 0 Å². The third-order valence-electron chi connectivity index (χ3n) is 1.85. The van der Waals surface area contributed by atoms with E-state index in [2.05, 4.69) is 6.92 Å². The summed E-state index contributed by atoms with van der Waals surface area (Å²) in [6.45, 7) is 2.20. The summed E-state index contributed by atoms with van der Waals surface area (Å²) in [5.74, 6) is 0.293. The third kappa shape index (κ3) is 9.92. The number of carbonyl (C=O) groups excluding carboxylic acids is 1. The van der Waals surface area contributed by atoms with Crippen molar-refractivity contribution in [2.24, 2.45) is 0 Å². The zero-order valence-corrected chi connectivity index (χ0v) is 8.86. The Hall–Kier alpha value is -0.0800. The van der Waals surface area contributed by atoms with Crippen molar-refractivity contribution in [1.29, 1.82) is 0 Å². The molecule has 0 saturated heterocycles. The van der Waals surface area contributed by atoms with Crippen LogP contribution in [0.1, 0.15) is 45.4 Å². The molecule has 74 valence electrons. The SMILES string of the molecule is CCCCCCCC(=O)[NH2+]C.[Cl-]. The zero-order valence-electron chi connectivity index (χ0n) is 8.11. The zero-order chi connectivity index (χ0) is 8.53. The number of amides is 1. The van der Waals surface area contributed by atoms with Crippen LogP contribution < -0.4 is 17.7 Å². The van der Waals surface area contributed by atoms with Crippen LogP contribution in [-0.4, -0.2) is 13.0 Å². The van der Waals surface area contributed by atoms with Gasteiger partial charge in [-0.1, -0.05) is 32.6 Å². The average molecular weight is 194 g/mol. The molecule has 0 fully saturated rings. The second-order valence-electron chi connectivity index (χ2n) is 2.92. The van der Waals surface area contributed by atoms with Crippen molar-refractivity contribution in [2.45, 2.75) is 45.4 Å². The predicted molar refractivity (Wildman–Crippen MR) is 46.2 cm³/mol. The van der Waals surface area contributed by atoms with Gasteiger partial charge >= 0.3 is 5.91 Å². The van der Waals surface area contributed by atoms with Gasteiger partial charge in [0, 0.05) is 0 Å². The lowest BCUT2D eigenvalue weighted by atomic mass is 10.1. The third-order valence-corrected chi connectivity index (χ3v) is 1.85. The van der Waals surface area contributed by atoms with Crippen molar-refractivity contribution < 1.29 is 22.5 Å². The van der Waals surface area contributed by atoms with E-state index in [4.69, 9.17) is 0 Å². The Kier molecular flexibility index (Phi) is 13.1. The number of halogens is 1. The summed E-state index contributed by atoms with van der Waals surface area (Å²) in [6.07, 6.45) is 6.90. The molecule has 0 saturated carbocycles. The summed E-state index contributed by atoms with van der Waals surface area (Å²) in [4.78, 5) is 10.8. The van der Waals surface area contributed by atoms with Crippen molar-refractivity contribution in [2.75, 3.05) is 7.05 Å². The Balaban J connectivity index is 0. The fraction of sp³-hybridized carbons (Fsp3) is 0.889. The van der Waals surface area contributed by atoms with Crippen LogP contribution in [0.25, 0.3) is 0 Å². The van der Waals surface area contributed by atoms with Gasteiger partial charge in [0.05, 0.1) is 13.5 Å². The van der Waals surface area contributed by atoms with E-state index in [9.17, 15) is 4.79 Å². The Morgan fingerprint density at radius 2 is 1.75 bits per heavy atom. The minimum atomic E-state index is 0. The minimum absolute atomic E-state index is 0. The van der Waals surface area contributed by atoms with E-state index in [-0.39, 0.29) is 12.4 Å². The summed E-state index contributed by atoms with van der Waals surface area (Å²) in [5.41, 5.74) is 0. The molecular formula is C9H20ClNO. The van der Waals surface area contributed by atoms with Gasteiger partial charge in [-0.3, -0.25) is 5.32 Å². The lowest BCUT2D eigenvalue weighted by molar-refractivity contribution is -0.539. The van der Waals surface area contributed by atoms with Gasteiger partial charge in [-0.2, -0.15) is 0 Å². The van der Waals surface area contributed by atoms with Gasteiger partial charge in [0.1, 0.15) is 0 Å². The number of hydrogen-bond donors (Lipinski definition) is 1. The second kappa shape index (κ2) is 10.9. The maximum Gasteiger partial charge on any atom is 0.310 e. The number of unbranched alkanes of at least 4 members (excludes halogenated alkanes) is 4. The van der Waals surface area contributed by atoms with E-state index < -0.39 is 0 Å². The highest BCUT2D eigenvalue weighted by Gasteiger charge is 2.00. The standard InChI is InChI=1S/C9H19NO.ClH/c1-3-4-5-6-7-8-9(11)10-2;/h3-8H2,1-2H3,(H,10,11);1H. The highest BCUT2D eigenvalue weighted by Crippen LogP contribution is 2.03. The molecule has 0 atom stereocenters. The molecule has 0 aliphatic rings. The molecule has 2 nitrogen and oxygen atoms in total. The van der Waals surface area contributed by atoms with Gasteiger partial charge in [-0.15, -0.1) is 0 Å². The maximum absolute atomic E-state index is 10.8. The molecule has 0 rings (SSSR count). The summed E-state index contributed by atoms with van der Waals surface area (Å²) in [7, 11) is 1.81. The monoisotopic (exact) mass is 193 g/mol. The number of quaternary nitrogens is 1. The van der Waals surface area contributed by atoms with Crippen LogP contribution in [0.3, 0.4) is 0 Å². The first-order chi connectivity index (χ1) is 5.31. The topological polar surface area (TPSA) is 33.7 Å². The fourth-order valence-corrected chi connectivity index (χ4v) is 1.05. The van der Waals surface area contributed by atoms with E-state index in [1.807, 2.05) is 7.05 Å². The highest BCUT2D eigenvalue weighted by molar-refractivity contribution is 5.64. The first kappa shape index (κ1) is 14.4. The van der Waals surface area contributed by atoms with Crippen LogP contribution >= 0.6 is 0 Å². The lowest BCUT2D eigenvalue weighted by Crippen LogP contribution is -3.00. The predicted octanol–water partition coefficient (Wildman–Crippen LogP) is -1.93. The molecule has 0 bridgehead atoms. The Labute approximate surface area is 81.5 Å². The summed E-state index contributed by atoms with van der Waals surface area (Å²) < 4.78 is 0. The van der Waals surface area contributed by atoms with Gasteiger partial charge in [0.15, 0.2) is 0 Å². The molecule has 0 aliphatic carbocycles. The molecule has 0 aliphatic heterocycles. The van der Waals surface area contributed by atoms with Gasteiger partial charge in [-0.25, -0.2) is 4.79 Å². The summed E-state index contributed by atoms with van der Waals surface area (Å²) >= 11 is 0. The molecule has 12 heavy (non-hydrogen) atoms. The van der Waals surface area contributed by atoms with E-state index in [1.54, 1.807) is 5.32 Å². The molecule has 2 N–H and O–H groups in total. The molecule has 0 aromatic carbocycles. The number of nitrogens with two attached hydrogens (primary N) is 1. The van der Waals surface area contributed by atoms with Crippen LogP contribution in [0.5, 0.6) is 0 Å². The maximum atomic E-state index is 10.8. The van der Waals surface area contributed by atoms with Crippen molar-refractivity contribution in [1.82, 2.24) is 0 Å². The Morgan fingerprint density at radius 1 is 1.17 bits per heavy atom. The highest BCUT2D eigenvalue weighted by atomic mass is 35.5. The molecular weight excluding hydrogens is 174 g/mol. The van der Waals surface area contributed by atoms with Gasteiger partial charge in [-0.05, 0) is 6.42 Å². The average Bonchev–Trinajstić information content (AvgIpc) is 2.04. The molecule has 0 unspecified atom stereocenters. The molecule has 0 spiro atoms. The number of carbonyl (C=O) groups is 1. The first-order valence-electron chi connectivity index (χ1n) is 4.63. The van der Waals surface area contributed by atoms with Gasteiger partial charge in [0.25, 0.3) is 0 Å². The van der Waals surface area contributed by atoms with Crippen LogP contribution in [0.15, 0.2) is 0 Å². The van der Waals surface area contributed by atoms with Crippen molar-refractivity contribution in [3.8, 4) is 0 Å². The van der Waals surface area contributed by atoms with Crippen molar-refractivity contribution in [3.05, 3.63) is 0 Å². The molecule has 0 heterocycles. The Bertz CT molecular complexity index is 107. The first-order valence-corrected chi connectivity index (χ1v) is 4.63. The lowest BCUT2D eigenvalue weighted by Gasteiger charge is -1.96. The smallest absolute Gasteiger partial charge is 0.310 e. The van der Waals surface area contributed by atoms with Crippen LogP contribution in [0.4, 0.5) is 0 Å². The van der Waals surface area contributed by atoms with Gasteiger partial charge < -0.3 is 12.4 Å².